The molecule has 6 nitrogen and oxygen atoms in total. The first-order valence-electron chi connectivity index (χ1n) is 5.83. The van der Waals surface area contributed by atoms with E-state index in [1.165, 1.54) is 6.26 Å². The fraction of sp³-hybridized carbons (Fsp3) is 0.231. The van der Waals surface area contributed by atoms with Gasteiger partial charge in [-0.1, -0.05) is 12.1 Å². The number of methoxy groups -OCH3 is 1. The zero-order valence-corrected chi connectivity index (χ0v) is 10.6. The number of hydrogen-bond acceptors (Lipinski definition) is 5. The fourth-order valence-corrected chi connectivity index (χ4v) is 1.59. The predicted molar refractivity (Wildman–Crippen MR) is 70.2 cm³/mol. The smallest absolute Gasteiger partial charge is 0.277 e. The van der Waals surface area contributed by atoms with Gasteiger partial charge in [-0.05, 0) is 12.1 Å². The maximum Gasteiger partial charge on any atom is 0.277 e. The van der Waals surface area contributed by atoms with E-state index in [0.29, 0.717) is 30.3 Å². The molecule has 0 saturated carbocycles. The van der Waals surface area contributed by atoms with Crippen molar-refractivity contribution in [3.8, 4) is 5.75 Å². The quantitative estimate of drug-likeness (QED) is 0.849. The van der Waals surface area contributed by atoms with E-state index in [4.69, 9.17) is 14.9 Å². The van der Waals surface area contributed by atoms with E-state index in [0.717, 1.165) is 0 Å². The third kappa shape index (κ3) is 3.11. The largest absolute Gasteiger partial charge is 0.495 e. The summed E-state index contributed by atoms with van der Waals surface area (Å²) < 4.78 is 10.3. The standard InChI is InChI=1S/C13H15N3O3/c1-18-11-5-3-2-4-9(11)16-13(17)10-8-19-12(15-10)6-7-14/h2-5,8H,6-7,14H2,1H3,(H,16,17). The first-order valence-corrected chi connectivity index (χ1v) is 5.83. The second kappa shape index (κ2) is 6.01. The van der Waals surface area contributed by atoms with Crippen molar-refractivity contribution in [2.75, 3.05) is 19.0 Å². The van der Waals surface area contributed by atoms with Crippen LogP contribution in [0, 0.1) is 0 Å². The number of anilines is 1. The van der Waals surface area contributed by atoms with Gasteiger partial charge >= 0.3 is 0 Å². The molecule has 1 heterocycles. The monoisotopic (exact) mass is 261 g/mol. The number of benzene rings is 1. The zero-order chi connectivity index (χ0) is 13.7. The summed E-state index contributed by atoms with van der Waals surface area (Å²) in [7, 11) is 1.54. The number of rotatable bonds is 5. The van der Waals surface area contributed by atoms with E-state index in [-0.39, 0.29) is 11.6 Å². The molecule has 3 N–H and O–H groups in total. The Morgan fingerprint density at radius 3 is 3.00 bits per heavy atom. The van der Waals surface area contributed by atoms with Gasteiger partial charge in [0.25, 0.3) is 5.91 Å². The highest BCUT2D eigenvalue weighted by molar-refractivity contribution is 6.03. The molecule has 0 aliphatic heterocycles. The maximum atomic E-state index is 12.0. The van der Waals surface area contributed by atoms with E-state index in [1.807, 2.05) is 6.07 Å². The van der Waals surface area contributed by atoms with Crippen molar-refractivity contribution >= 4 is 11.6 Å². The van der Waals surface area contributed by atoms with Crippen LogP contribution in [0.25, 0.3) is 0 Å². The number of para-hydroxylation sites is 2. The van der Waals surface area contributed by atoms with Crippen molar-refractivity contribution < 1.29 is 13.9 Å². The summed E-state index contributed by atoms with van der Waals surface area (Å²) in [6, 6.07) is 7.14. The highest BCUT2D eigenvalue weighted by Crippen LogP contribution is 2.23. The lowest BCUT2D eigenvalue weighted by Crippen LogP contribution is -2.13. The molecule has 0 fully saturated rings. The number of amides is 1. The van der Waals surface area contributed by atoms with Crippen LogP contribution in [0.15, 0.2) is 34.9 Å². The second-order valence-electron chi connectivity index (χ2n) is 3.82. The molecule has 0 aliphatic carbocycles. The minimum Gasteiger partial charge on any atom is -0.495 e. The summed E-state index contributed by atoms with van der Waals surface area (Å²) in [5.41, 5.74) is 6.19. The van der Waals surface area contributed by atoms with Gasteiger partial charge in [-0.25, -0.2) is 4.98 Å². The molecule has 0 aliphatic rings. The van der Waals surface area contributed by atoms with E-state index in [1.54, 1.807) is 25.3 Å². The summed E-state index contributed by atoms with van der Waals surface area (Å²) in [4.78, 5) is 16.0. The van der Waals surface area contributed by atoms with Gasteiger partial charge in [-0.2, -0.15) is 0 Å². The minimum absolute atomic E-state index is 0.217. The minimum atomic E-state index is -0.350. The third-order valence-corrected chi connectivity index (χ3v) is 2.50. The molecule has 1 aromatic heterocycles. The molecule has 2 rings (SSSR count). The maximum absolute atomic E-state index is 12.0. The molecule has 0 unspecified atom stereocenters. The van der Waals surface area contributed by atoms with Crippen LogP contribution in [0.1, 0.15) is 16.4 Å². The van der Waals surface area contributed by atoms with Crippen molar-refractivity contribution in [1.29, 1.82) is 0 Å². The second-order valence-corrected chi connectivity index (χ2v) is 3.82. The molecule has 100 valence electrons. The van der Waals surface area contributed by atoms with Crippen LogP contribution < -0.4 is 15.8 Å². The van der Waals surface area contributed by atoms with Crippen molar-refractivity contribution in [3.63, 3.8) is 0 Å². The summed E-state index contributed by atoms with van der Waals surface area (Å²) in [6.07, 6.45) is 1.82. The molecule has 1 amide bonds. The molecule has 6 heteroatoms. The van der Waals surface area contributed by atoms with Crippen LogP contribution in [0.5, 0.6) is 5.75 Å². The number of hydrogen-bond donors (Lipinski definition) is 2. The van der Waals surface area contributed by atoms with Crippen LogP contribution in [0.3, 0.4) is 0 Å². The number of nitrogens with one attached hydrogen (secondary N) is 1. The first-order chi connectivity index (χ1) is 9.24. The number of carbonyl (C=O) groups is 1. The Kier molecular flexibility index (Phi) is 4.15. The lowest BCUT2D eigenvalue weighted by molar-refractivity contribution is 0.102. The number of aromatic nitrogens is 1. The van der Waals surface area contributed by atoms with Gasteiger partial charge in [0.05, 0.1) is 12.8 Å². The Morgan fingerprint density at radius 1 is 1.47 bits per heavy atom. The fourth-order valence-electron chi connectivity index (χ4n) is 1.59. The van der Waals surface area contributed by atoms with E-state index < -0.39 is 0 Å². The SMILES string of the molecule is COc1ccccc1NC(=O)c1coc(CCN)n1. The van der Waals surface area contributed by atoms with Crippen molar-refractivity contribution in [2.45, 2.75) is 6.42 Å². The summed E-state index contributed by atoms with van der Waals surface area (Å²) in [6.45, 7) is 0.425. The summed E-state index contributed by atoms with van der Waals surface area (Å²) in [5.74, 6) is 0.686. The predicted octanol–water partition coefficient (Wildman–Crippen LogP) is 1.44. The first kappa shape index (κ1) is 13.1. The van der Waals surface area contributed by atoms with E-state index >= 15 is 0 Å². The molecule has 0 spiro atoms. The van der Waals surface area contributed by atoms with Gasteiger partial charge in [0.1, 0.15) is 12.0 Å². The van der Waals surface area contributed by atoms with Gasteiger partial charge in [-0.15, -0.1) is 0 Å². The van der Waals surface area contributed by atoms with Gasteiger partial charge in [0.15, 0.2) is 11.6 Å². The van der Waals surface area contributed by atoms with Crippen molar-refractivity contribution in [2.24, 2.45) is 5.73 Å². The topological polar surface area (TPSA) is 90.4 Å². The van der Waals surface area contributed by atoms with Crippen LogP contribution >= 0.6 is 0 Å². The zero-order valence-electron chi connectivity index (χ0n) is 10.6. The van der Waals surface area contributed by atoms with Crippen LogP contribution in [-0.4, -0.2) is 24.5 Å². The molecular formula is C13H15N3O3. The van der Waals surface area contributed by atoms with Crippen LogP contribution in [0.2, 0.25) is 0 Å². The van der Waals surface area contributed by atoms with Gasteiger partial charge in [0.2, 0.25) is 0 Å². The Balaban J connectivity index is 2.11. The van der Waals surface area contributed by atoms with Crippen molar-refractivity contribution in [1.82, 2.24) is 4.98 Å². The molecule has 19 heavy (non-hydrogen) atoms. The summed E-state index contributed by atoms with van der Waals surface area (Å²) in [5, 5.41) is 2.72. The third-order valence-electron chi connectivity index (χ3n) is 2.50. The molecule has 0 saturated heterocycles. The van der Waals surface area contributed by atoms with Gasteiger partial charge in [-0.3, -0.25) is 4.79 Å². The summed E-state index contributed by atoms with van der Waals surface area (Å²) >= 11 is 0. The Bertz CT molecular complexity index is 566. The lowest BCUT2D eigenvalue weighted by atomic mass is 10.3. The molecule has 1 aromatic carbocycles. The molecule has 0 atom stereocenters. The van der Waals surface area contributed by atoms with Gasteiger partial charge in [0, 0.05) is 13.0 Å². The van der Waals surface area contributed by atoms with Crippen LogP contribution in [0.4, 0.5) is 5.69 Å². The lowest BCUT2D eigenvalue weighted by Gasteiger charge is -2.08. The number of nitrogens with zero attached hydrogens (tertiary/aromatic N) is 1. The van der Waals surface area contributed by atoms with E-state index in [9.17, 15) is 4.79 Å². The normalized spacial score (nSPS) is 10.2. The number of ether oxygens (including phenoxy) is 1. The van der Waals surface area contributed by atoms with Gasteiger partial charge < -0.3 is 20.2 Å². The van der Waals surface area contributed by atoms with Crippen molar-refractivity contribution in [3.05, 3.63) is 42.1 Å². The molecule has 0 bridgehead atoms. The Labute approximate surface area is 110 Å². The highest BCUT2D eigenvalue weighted by Gasteiger charge is 2.13. The average Bonchev–Trinajstić information content (AvgIpc) is 2.88. The molecule has 2 aromatic rings. The number of oxazole rings is 1. The molecular weight excluding hydrogens is 246 g/mol. The Morgan fingerprint density at radius 2 is 2.26 bits per heavy atom. The number of nitrogens with two attached hydrogens (primary N) is 1. The highest BCUT2D eigenvalue weighted by atomic mass is 16.5. The Hall–Kier alpha value is -2.34. The van der Waals surface area contributed by atoms with Crippen LogP contribution in [-0.2, 0) is 6.42 Å². The van der Waals surface area contributed by atoms with E-state index in [2.05, 4.69) is 10.3 Å². The average molecular weight is 261 g/mol. The number of carbonyl (C=O) groups excluding carboxylic acids is 1. The molecule has 0 radical (unpaired) electrons.